The van der Waals surface area contributed by atoms with E-state index >= 15 is 0 Å². The summed E-state index contributed by atoms with van der Waals surface area (Å²) in [5.74, 6) is -0.259. The molecule has 1 aromatic carbocycles. The minimum Gasteiger partial charge on any atom is -0.291 e. The molecule has 4 nitrogen and oxygen atoms in total. The number of aryl methyl sites for hydroxylation is 1. The van der Waals surface area contributed by atoms with Crippen LogP contribution in [0, 0.1) is 0 Å². The highest BCUT2D eigenvalue weighted by molar-refractivity contribution is 7.86. The van der Waals surface area contributed by atoms with Crippen LogP contribution in [0.1, 0.15) is 29.3 Å². The smallest absolute Gasteiger partial charge is 0.265 e. The fraction of sp³-hybridized carbons (Fsp3) is 0.417. The van der Waals surface area contributed by atoms with Crippen molar-refractivity contribution in [1.82, 2.24) is 0 Å². The maximum atomic E-state index is 12.2. The highest BCUT2D eigenvalue weighted by Gasteiger charge is 2.42. The van der Waals surface area contributed by atoms with E-state index in [9.17, 15) is 13.2 Å². The third-order valence-electron chi connectivity index (χ3n) is 2.95. The molecule has 1 aliphatic rings. The second-order valence-corrected chi connectivity index (χ2v) is 6.08. The molecule has 0 fully saturated rings. The molecule has 0 heterocycles. The van der Waals surface area contributed by atoms with E-state index < -0.39 is 15.7 Å². The number of hydrogen-bond acceptors (Lipinski definition) is 4. The average molecular weight is 254 g/mol. The molecule has 0 bridgehead atoms. The van der Waals surface area contributed by atoms with Gasteiger partial charge >= 0.3 is 0 Å². The zero-order valence-corrected chi connectivity index (χ0v) is 10.6. The Labute approximate surface area is 101 Å². The van der Waals surface area contributed by atoms with E-state index in [4.69, 9.17) is 4.18 Å². The molecular formula is C12H14O4S. The number of rotatable bonds is 2. The quantitative estimate of drug-likeness (QED) is 0.751. The zero-order valence-electron chi connectivity index (χ0n) is 9.76. The highest BCUT2D eigenvalue weighted by atomic mass is 32.2. The van der Waals surface area contributed by atoms with Crippen molar-refractivity contribution in [1.29, 1.82) is 0 Å². The summed E-state index contributed by atoms with van der Waals surface area (Å²) in [6.07, 6.45) is 2.00. The fourth-order valence-electron chi connectivity index (χ4n) is 2.15. The monoisotopic (exact) mass is 254 g/mol. The van der Waals surface area contributed by atoms with E-state index in [2.05, 4.69) is 0 Å². The third kappa shape index (κ3) is 2.40. The van der Waals surface area contributed by atoms with Gasteiger partial charge < -0.3 is 0 Å². The predicted molar refractivity (Wildman–Crippen MR) is 63.4 cm³/mol. The van der Waals surface area contributed by atoms with Gasteiger partial charge in [0.2, 0.25) is 0 Å². The van der Waals surface area contributed by atoms with Crippen molar-refractivity contribution in [3.8, 4) is 0 Å². The first-order valence-electron chi connectivity index (χ1n) is 5.35. The van der Waals surface area contributed by atoms with Crippen LogP contribution in [0.25, 0.3) is 0 Å². The second-order valence-electron chi connectivity index (χ2n) is 4.50. The minimum absolute atomic E-state index is 0.259. The summed E-state index contributed by atoms with van der Waals surface area (Å²) >= 11 is 0. The van der Waals surface area contributed by atoms with Crippen LogP contribution in [-0.2, 0) is 20.7 Å². The first kappa shape index (κ1) is 12.3. The van der Waals surface area contributed by atoms with Crippen molar-refractivity contribution in [2.24, 2.45) is 0 Å². The minimum atomic E-state index is -3.64. The fourth-order valence-corrected chi connectivity index (χ4v) is 2.97. The van der Waals surface area contributed by atoms with Crippen molar-refractivity contribution < 1.29 is 17.4 Å². The van der Waals surface area contributed by atoms with Crippen molar-refractivity contribution in [2.45, 2.75) is 25.4 Å². The Hall–Kier alpha value is -1.20. The average Bonchev–Trinajstić information content (AvgIpc) is 2.22. The van der Waals surface area contributed by atoms with Gasteiger partial charge in [-0.3, -0.25) is 8.98 Å². The van der Waals surface area contributed by atoms with Gasteiger partial charge in [0, 0.05) is 5.56 Å². The van der Waals surface area contributed by atoms with Gasteiger partial charge in [0.1, 0.15) is 5.60 Å². The second kappa shape index (κ2) is 3.92. The van der Waals surface area contributed by atoms with E-state index in [1.807, 2.05) is 12.1 Å². The summed E-state index contributed by atoms with van der Waals surface area (Å²) in [6.45, 7) is 1.53. The third-order valence-corrected chi connectivity index (χ3v) is 3.62. The molecule has 1 aromatic rings. The van der Waals surface area contributed by atoms with Crippen LogP contribution in [0.5, 0.6) is 0 Å². The van der Waals surface area contributed by atoms with Crippen LogP contribution in [-0.4, -0.2) is 26.1 Å². The molecule has 0 saturated carbocycles. The first-order valence-corrected chi connectivity index (χ1v) is 7.17. The molecular weight excluding hydrogens is 240 g/mol. The molecule has 17 heavy (non-hydrogen) atoms. The topological polar surface area (TPSA) is 60.4 Å². The lowest BCUT2D eigenvalue weighted by Gasteiger charge is -2.31. The molecule has 2 rings (SSSR count). The molecule has 0 aromatic heterocycles. The Morgan fingerprint density at radius 1 is 1.29 bits per heavy atom. The van der Waals surface area contributed by atoms with Gasteiger partial charge in [-0.25, -0.2) is 0 Å². The van der Waals surface area contributed by atoms with Gasteiger partial charge in [-0.1, -0.05) is 24.3 Å². The lowest BCUT2D eigenvalue weighted by molar-refractivity contribution is 0.0490. The summed E-state index contributed by atoms with van der Waals surface area (Å²) in [5.41, 5.74) is 0.249. The van der Waals surface area contributed by atoms with Gasteiger partial charge in [-0.05, 0) is 25.3 Å². The van der Waals surface area contributed by atoms with E-state index in [0.29, 0.717) is 18.4 Å². The number of carbonyl (C=O) groups is 1. The Kier molecular flexibility index (Phi) is 2.83. The van der Waals surface area contributed by atoms with Crippen LogP contribution in [0.3, 0.4) is 0 Å². The lowest BCUT2D eigenvalue weighted by atomic mass is 9.81. The summed E-state index contributed by atoms with van der Waals surface area (Å²) in [5, 5.41) is 0. The Bertz CT molecular complexity index is 562. The van der Waals surface area contributed by atoms with Gasteiger partial charge in [0.05, 0.1) is 6.26 Å². The molecule has 5 heteroatoms. The molecule has 0 N–H and O–H groups in total. The number of hydrogen-bond donors (Lipinski definition) is 0. The Morgan fingerprint density at radius 2 is 1.94 bits per heavy atom. The zero-order chi connectivity index (χ0) is 12.7. The van der Waals surface area contributed by atoms with Crippen molar-refractivity contribution >= 4 is 15.9 Å². The number of benzene rings is 1. The van der Waals surface area contributed by atoms with Crippen LogP contribution >= 0.6 is 0 Å². The van der Waals surface area contributed by atoms with Crippen LogP contribution in [0.4, 0.5) is 0 Å². The molecule has 0 saturated heterocycles. The van der Waals surface area contributed by atoms with Crippen molar-refractivity contribution in [3.63, 3.8) is 0 Å². The molecule has 0 amide bonds. The van der Waals surface area contributed by atoms with Gasteiger partial charge in [0.15, 0.2) is 5.78 Å². The molecule has 92 valence electrons. The first-order chi connectivity index (χ1) is 7.82. The molecule has 0 aliphatic heterocycles. The standard InChI is InChI=1S/C12H14O4S/c1-12(16-17(2,14)15)8-7-9-5-3-4-6-10(9)11(12)13/h3-6H,7-8H2,1-2H3. The Morgan fingerprint density at radius 3 is 2.59 bits per heavy atom. The molecule has 1 aliphatic carbocycles. The van der Waals surface area contributed by atoms with Crippen LogP contribution in [0.2, 0.25) is 0 Å². The van der Waals surface area contributed by atoms with Gasteiger partial charge in [-0.15, -0.1) is 0 Å². The highest BCUT2D eigenvalue weighted by Crippen LogP contribution is 2.32. The van der Waals surface area contributed by atoms with E-state index in [1.165, 1.54) is 6.92 Å². The maximum absolute atomic E-state index is 12.2. The SMILES string of the molecule is CC1(OS(C)(=O)=O)CCc2ccccc2C1=O. The number of fused-ring (bicyclic) bond motifs is 1. The van der Waals surface area contributed by atoms with Crippen molar-refractivity contribution in [2.75, 3.05) is 6.26 Å². The summed E-state index contributed by atoms with van der Waals surface area (Å²) in [4.78, 5) is 12.2. The maximum Gasteiger partial charge on any atom is 0.265 e. The Balaban J connectivity index is 2.40. The van der Waals surface area contributed by atoms with Crippen LogP contribution < -0.4 is 0 Å². The summed E-state index contributed by atoms with van der Waals surface area (Å²) < 4.78 is 27.3. The predicted octanol–water partition coefficient (Wildman–Crippen LogP) is 1.55. The summed E-state index contributed by atoms with van der Waals surface area (Å²) in [6, 6.07) is 7.23. The lowest BCUT2D eigenvalue weighted by Crippen LogP contribution is -2.43. The molecule has 1 atom stereocenters. The molecule has 1 unspecified atom stereocenters. The number of Topliss-reactive ketones (excluding diaryl/α,β-unsaturated/α-hetero) is 1. The largest absolute Gasteiger partial charge is 0.291 e. The van der Waals surface area contributed by atoms with E-state index in [-0.39, 0.29) is 5.78 Å². The van der Waals surface area contributed by atoms with E-state index in [1.54, 1.807) is 12.1 Å². The van der Waals surface area contributed by atoms with Gasteiger partial charge in [-0.2, -0.15) is 8.42 Å². The van der Waals surface area contributed by atoms with Gasteiger partial charge in [0.25, 0.3) is 10.1 Å². The van der Waals surface area contributed by atoms with Crippen LogP contribution in [0.15, 0.2) is 24.3 Å². The summed E-state index contributed by atoms with van der Waals surface area (Å²) in [7, 11) is -3.64. The number of carbonyl (C=O) groups excluding carboxylic acids is 1. The molecule has 0 radical (unpaired) electrons. The van der Waals surface area contributed by atoms with Crippen molar-refractivity contribution in [3.05, 3.63) is 35.4 Å². The normalized spacial score (nSPS) is 24.5. The molecule has 0 spiro atoms. The number of ketones is 1. The van der Waals surface area contributed by atoms with E-state index in [0.717, 1.165) is 11.8 Å².